The fraction of sp³-hybridized carbons (Fsp3) is 0.357. The summed E-state index contributed by atoms with van der Waals surface area (Å²) in [5.41, 5.74) is 4.44. The van der Waals surface area contributed by atoms with Gasteiger partial charge in [0.05, 0.1) is 12.2 Å². The van der Waals surface area contributed by atoms with E-state index in [-0.39, 0.29) is 12.0 Å². The topological polar surface area (TPSA) is 87.7 Å². The van der Waals surface area contributed by atoms with E-state index in [1.807, 2.05) is 36.9 Å². The quantitative estimate of drug-likeness (QED) is 0.511. The number of aryl methyl sites for hydroxylation is 2. The lowest BCUT2D eigenvalue weighted by atomic mass is 10.0. The summed E-state index contributed by atoms with van der Waals surface area (Å²) in [6.07, 6.45) is 1.60. The number of anilines is 2. The summed E-state index contributed by atoms with van der Waals surface area (Å²) in [6, 6.07) is 17.0. The Kier molecular flexibility index (Phi) is 8.15. The molecule has 0 atom stereocenters. The Bertz CT molecular complexity index is 1200. The normalized spacial score (nSPS) is 13.8. The number of carbonyl (C=O) groups excluding carboxylic acids is 2. The molecule has 1 aromatic heterocycles. The lowest BCUT2D eigenvalue weighted by Crippen LogP contribution is -2.38. The van der Waals surface area contributed by atoms with Crippen molar-refractivity contribution in [3.8, 4) is 0 Å². The van der Waals surface area contributed by atoms with E-state index in [9.17, 15) is 9.59 Å². The van der Waals surface area contributed by atoms with Crippen LogP contribution < -0.4 is 10.2 Å². The Morgan fingerprint density at radius 1 is 0.944 bits per heavy atom. The zero-order valence-electron chi connectivity index (χ0n) is 21.2. The molecule has 1 saturated heterocycles. The predicted molar refractivity (Wildman–Crippen MR) is 141 cm³/mol. The lowest BCUT2D eigenvalue weighted by molar-refractivity contribution is 0.0526. The molecule has 0 bridgehead atoms. The van der Waals surface area contributed by atoms with E-state index >= 15 is 0 Å². The van der Waals surface area contributed by atoms with Gasteiger partial charge in [0, 0.05) is 49.5 Å². The molecule has 8 heteroatoms. The predicted octanol–water partition coefficient (Wildman–Crippen LogP) is 4.61. The summed E-state index contributed by atoms with van der Waals surface area (Å²) in [4.78, 5) is 38.4. The van der Waals surface area contributed by atoms with Crippen LogP contribution in [0.5, 0.6) is 0 Å². The van der Waals surface area contributed by atoms with Gasteiger partial charge in [-0.1, -0.05) is 30.3 Å². The number of benzene rings is 2. The third-order valence-electron chi connectivity index (χ3n) is 6.26. The van der Waals surface area contributed by atoms with Gasteiger partial charge in [-0.25, -0.2) is 19.6 Å². The zero-order valence-corrected chi connectivity index (χ0v) is 21.2. The number of rotatable bonds is 6. The highest BCUT2D eigenvalue weighted by molar-refractivity contribution is 5.92. The minimum absolute atomic E-state index is 0.153. The van der Waals surface area contributed by atoms with Gasteiger partial charge in [-0.05, 0) is 57.0 Å². The molecule has 1 aliphatic rings. The van der Waals surface area contributed by atoms with Gasteiger partial charge in [0.2, 0.25) is 0 Å². The molecule has 2 aromatic carbocycles. The van der Waals surface area contributed by atoms with Crippen LogP contribution in [-0.4, -0.2) is 59.7 Å². The summed E-state index contributed by atoms with van der Waals surface area (Å²) < 4.78 is 5.01. The first kappa shape index (κ1) is 25.2. The monoisotopic (exact) mass is 487 g/mol. The summed E-state index contributed by atoms with van der Waals surface area (Å²) >= 11 is 0. The number of aromatic nitrogens is 2. The van der Waals surface area contributed by atoms with Crippen molar-refractivity contribution in [2.75, 3.05) is 43.0 Å². The van der Waals surface area contributed by atoms with Crippen LogP contribution in [0.3, 0.4) is 0 Å². The van der Waals surface area contributed by atoms with E-state index in [0.717, 1.165) is 42.3 Å². The molecular formula is C28H33N5O3. The van der Waals surface area contributed by atoms with E-state index in [2.05, 4.69) is 27.3 Å². The SMILES string of the molecule is CCOC(=O)c1ccc(NC(=O)N2CCCN(c3nc(C)nc(C)c3Cc3ccccc3)CC2)cc1. The Morgan fingerprint density at radius 3 is 2.42 bits per heavy atom. The van der Waals surface area contributed by atoms with Crippen LogP contribution in [0.1, 0.15) is 46.3 Å². The molecular weight excluding hydrogens is 454 g/mol. The average Bonchev–Trinajstić information content (AvgIpc) is 3.13. The first-order valence-corrected chi connectivity index (χ1v) is 12.4. The van der Waals surface area contributed by atoms with Gasteiger partial charge in [-0.2, -0.15) is 0 Å². The molecule has 0 radical (unpaired) electrons. The number of esters is 1. The molecule has 1 aliphatic heterocycles. The molecule has 4 rings (SSSR count). The molecule has 1 N–H and O–H groups in total. The Balaban J connectivity index is 1.43. The summed E-state index contributed by atoms with van der Waals surface area (Å²) in [5.74, 6) is 1.34. The van der Waals surface area contributed by atoms with Gasteiger partial charge in [-0.3, -0.25) is 0 Å². The van der Waals surface area contributed by atoms with E-state index in [4.69, 9.17) is 9.72 Å². The summed E-state index contributed by atoms with van der Waals surface area (Å²) in [6.45, 7) is 8.80. The largest absolute Gasteiger partial charge is 0.462 e. The molecule has 0 saturated carbocycles. The standard InChI is InChI=1S/C28H33N5O3/c1-4-36-27(34)23-11-13-24(14-12-23)31-28(35)33-16-8-15-32(17-18-33)26-25(20(2)29-21(3)30-26)19-22-9-6-5-7-10-22/h5-7,9-14H,4,8,15-19H2,1-3H3,(H,31,35). The maximum Gasteiger partial charge on any atom is 0.338 e. The van der Waals surface area contributed by atoms with Crippen LogP contribution >= 0.6 is 0 Å². The highest BCUT2D eigenvalue weighted by atomic mass is 16.5. The van der Waals surface area contributed by atoms with Crippen molar-refractivity contribution in [2.24, 2.45) is 0 Å². The number of ether oxygens (including phenoxy) is 1. The third kappa shape index (κ3) is 6.19. The van der Waals surface area contributed by atoms with Gasteiger partial charge in [0.25, 0.3) is 0 Å². The number of nitrogens with zero attached hydrogens (tertiary/aromatic N) is 4. The van der Waals surface area contributed by atoms with Crippen molar-refractivity contribution in [3.63, 3.8) is 0 Å². The number of carbonyl (C=O) groups is 2. The first-order valence-electron chi connectivity index (χ1n) is 12.4. The highest BCUT2D eigenvalue weighted by Gasteiger charge is 2.23. The van der Waals surface area contributed by atoms with Crippen molar-refractivity contribution < 1.29 is 14.3 Å². The van der Waals surface area contributed by atoms with Crippen molar-refractivity contribution in [2.45, 2.75) is 33.6 Å². The smallest absolute Gasteiger partial charge is 0.338 e. The van der Waals surface area contributed by atoms with Crippen LogP contribution in [0.25, 0.3) is 0 Å². The second-order valence-electron chi connectivity index (χ2n) is 8.88. The molecule has 3 aromatic rings. The molecule has 0 unspecified atom stereocenters. The summed E-state index contributed by atoms with van der Waals surface area (Å²) in [7, 11) is 0. The van der Waals surface area contributed by atoms with Crippen molar-refractivity contribution in [3.05, 3.63) is 82.8 Å². The number of nitrogens with one attached hydrogen (secondary N) is 1. The van der Waals surface area contributed by atoms with Crippen molar-refractivity contribution in [1.82, 2.24) is 14.9 Å². The van der Waals surface area contributed by atoms with Crippen LogP contribution in [0.4, 0.5) is 16.3 Å². The van der Waals surface area contributed by atoms with Gasteiger partial charge < -0.3 is 19.9 Å². The lowest BCUT2D eigenvalue weighted by Gasteiger charge is -2.26. The van der Waals surface area contributed by atoms with Gasteiger partial charge in [0.15, 0.2) is 0 Å². The number of hydrogen-bond donors (Lipinski definition) is 1. The van der Waals surface area contributed by atoms with Crippen LogP contribution in [-0.2, 0) is 11.2 Å². The number of amides is 2. The molecule has 36 heavy (non-hydrogen) atoms. The Morgan fingerprint density at radius 2 is 1.69 bits per heavy atom. The van der Waals surface area contributed by atoms with Crippen LogP contribution in [0, 0.1) is 13.8 Å². The molecule has 1 fully saturated rings. The molecule has 0 spiro atoms. The minimum atomic E-state index is -0.371. The minimum Gasteiger partial charge on any atom is -0.462 e. The van der Waals surface area contributed by atoms with Gasteiger partial charge >= 0.3 is 12.0 Å². The Labute approximate surface area is 212 Å². The maximum absolute atomic E-state index is 13.0. The second kappa shape index (κ2) is 11.7. The van der Waals surface area contributed by atoms with E-state index in [0.29, 0.717) is 37.5 Å². The molecule has 2 amide bonds. The average molecular weight is 488 g/mol. The van der Waals surface area contributed by atoms with Crippen LogP contribution in [0.15, 0.2) is 54.6 Å². The highest BCUT2D eigenvalue weighted by Crippen LogP contribution is 2.25. The second-order valence-corrected chi connectivity index (χ2v) is 8.88. The maximum atomic E-state index is 13.0. The Hall–Kier alpha value is -3.94. The fourth-order valence-corrected chi connectivity index (χ4v) is 4.43. The first-order chi connectivity index (χ1) is 17.4. The fourth-order valence-electron chi connectivity index (χ4n) is 4.43. The molecule has 2 heterocycles. The van der Waals surface area contributed by atoms with Crippen molar-refractivity contribution >= 4 is 23.5 Å². The van der Waals surface area contributed by atoms with Crippen LogP contribution in [0.2, 0.25) is 0 Å². The van der Waals surface area contributed by atoms with Crippen molar-refractivity contribution in [1.29, 1.82) is 0 Å². The van der Waals surface area contributed by atoms with E-state index in [1.54, 1.807) is 31.2 Å². The molecule has 0 aliphatic carbocycles. The number of hydrogen-bond acceptors (Lipinski definition) is 6. The number of urea groups is 1. The van der Waals surface area contributed by atoms with Gasteiger partial charge in [0.1, 0.15) is 11.6 Å². The summed E-state index contributed by atoms with van der Waals surface area (Å²) in [5, 5.41) is 2.95. The zero-order chi connectivity index (χ0) is 25.5. The van der Waals surface area contributed by atoms with E-state index < -0.39 is 0 Å². The molecule has 8 nitrogen and oxygen atoms in total. The van der Waals surface area contributed by atoms with E-state index in [1.165, 1.54) is 5.56 Å². The molecule has 188 valence electrons. The third-order valence-corrected chi connectivity index (χ3v) is 6.26. The van der Waals surface area contributed by atoms with Gasteiger partial charge in [-0.15, -0.1) is 0 Å².